The summed E-state index contributed by atoms with van der Waals surface area (Å²) in [7, 11) is -1.96. The molecule has 1 saturated heterocycles. The minimum absolute atomic E-state index is 0.0155. The number of carbonyl (C=O) groups is 1. The molecule has 1 aliphatic rings. The van der Waals surface area contributed by atoms with Crippen molar-refractivity contribution in [3.63, 3.8) is 0 Å². The van der Waals surface area contributed by atoms with Crippen LogP contribution in [0.25, 0.3) is 0 Å². The van der Waals surface area contributed by atoms with Crippen molar-refractivity contribution >= 4 is 15.9 Å². The van der Waals surface area contributed by atoms with Gasteiger partial charge in [-0.2, -0.15) is 4.31 Å². The standard InChI is InChI=1S/C20H25N3O5S/c1-27-17-6-8-18(9-7-17)28-15-3-5-20(24)22-11-13-23(14-12-22)29(25,26)19-4-2-10-21-16-19/h2,4,6-10,16H,3,5,11-15H2,1H3. The summed E-state index contributed by atoms with van der Waals surface area (Å²) in [5, 5.41) is 0. The molecule has 8 nitrogen and oxygen atoms in total. The Morgan fingerprint density at radius 2 is 1.76 bits per heavy atom. The average Bonchev–Trinajstić information content (AvgIpc) is 2.77. The van der Waals surface area contributed by atoms with Crippen molar-refractivity contribution < 1.29 is 22.7 Å². The van der Waals surface area contributed by atoms with E-state index in [1.54, 1.807) is 18.1 Å². The first-order valence-corrected chi connectivity index (χ1v) is 10.9. The molecule has 156 valence electrons. The lowest BCUT2D eigenvalue weighted by Gasteiger charge is -2.34. The highest BCUT2D eigenvalue weighted by atomic mass is 32.2. The molecule has 1 aliphatic heterocycles. The zero-order valence-corrected chi connectivity index (χ0v) is 17.2. The Bertz CT molecular complexity index is 895. The minimum Gasteiger partial charge on any atom is -0.497 e. The minimum atomic E-state index is -3.56. The maximum Gasteiger partial charge on any atom is 0.244 e. The molecular weight excluding hydrogens is 394 g/mol. The van der Waals surface area contributed by atoms with Crippen molar-refractivity contribution in [3.8, 4) is 11.5 Å². The van der Waals surface area contributed by atoms with Gasteiger partial charge in [-0.3, -0.25) is 9.78 Å². The number of hydrogen-bond donors (Lipinski definition) is 0. The summed E-state index contributed by atoms with van der Waals surface area (Å²) in [5.41, 5.74) is 0. The van der Waals surface area contributed by atoms with Gasteiger partial charge in [0.15, 0.2) is 0 Å². The first-order valence-electron chi connectivity index (χ1n) is 9.45. The molecule has 29 heavy (non-hydrogen) atoms. The largest absolute Gasteiger partial charge is 0.497 e. The molecule has 0 saturated carbocycles. The van der Waals surface area contributed by atoms with Gasteiger partial charge < -0.3 is 14.4 Å². The summed E-state index contributed by atoms with van der Waals surface area (Å²) in [6, 6.07) is 10.4. The Morgan fingerprint density at radius 1 is 1.07 bits per heavy atom. The second-order valence-corrected chi connectivity index (χ2v) is 8.54. The van der Waals surface area contributed by atoms with Gasteiger partial charge in [0.25, 0.3) is 0 Å². The third-order valence-corrected chi connectivity index (χ3v) is 6.61. The lowest BCUT2D eigenvalue weighted by atomic mass is 10.2. The summed E-state index contributed by atoms with van der Waals surface area (Å²) in [6.45, 7) is 1.78. The van der Waals surface area contributed by atoms with Crippen LogP contribution in [-0.4, -0.2) is 68.4 Å². The van der Waals surface area contributed by atoms with E-state index in [0.29, 0.717) is 32.5 Å². The smallest absolute Gasteiger partial charge is 0.244 e. The molecule has 9 heteroatoms. The number of ether oxygens (including phenoxy) is 2. The first kappa shape index (κ1) is 21.1. The van der Waals surface area contributed by atoms with Crippen molar-refractivity contribution in [1.82, 2.24) is 14.2 Å². The summed E-state index contributed by atoms with van der Waals surface area (Å²) >= 11 is 0. The van der Waals surface area contributed by atoms with Crippen LogP contribution in [-0.2, 0) is 14.8 Å². The normalized spacial score (nSPS) is 15.1. The molecule has 3 rings (SSSR count). The van der Waals surface area contributed by atoms with E-state index in [0.717, 1.165) is 11.5 Å². The Labute approximate surface area is 171 Å². The molecule has 0 aliphatic carbocycles. The van der Waals surface area contributed by atoms with Crippen LogP contribution in [0.5, 0.6) is 11.5 Å². The zero-order chi connectivity index (χ0) is 20.7. The van der Waals surface area contributed by atoms with Crippen molar-refractivity contribution in [2.24, 2.45) is 0 Å². The van der Waals surface area contributed by atoms with Crippen molar-refractivity contribution in [2.75, 3.05) is 39.9 Å². The van der Waals surface area contributed by atoms with E-state index in [4.69, 9.17) is 9.47 Å². The predicted molar refractivity (Wildman–Crippen MR) is 107 cm³/mol. The number of nitrogens with zero attached hydrogens (tertiary/aromatic N) is 3. The van der Waals surface area contributed by atoms with Crippen molar-refractivity contribution in [1.29, 1.82) is 0 Å². The topological polar surface area (TPSA) is 89.0 Å². The fourth-order valence-electron chi connectivity index (χ4n) is 3.07. The van der Waals surface area contributed by atoms with Gasteiger partial charge in [-0.1, -0.05) is 0 Å². The molecule has 2 aromatic rings. The van der Waals surface area contributed by atoms with Crippen LogP contribution in [0.1, 0.15) is 12.8 Å². The molecule has 0 unspecified atom stereocenters. The number of amides is 1. The van der Waals surface area contributed by atoms with Gasteiger partial charge in [-0.25, -0.2) is 8.42 Å². The molecule has 0 N–H and O–H groups in total. The van der Waals surface area contributed by atoms with Gasteiger partial charge in [-0.05, 0) is 42.8 Å². The van der Waals surface area contributed by atoms with Crippen LogP contribution in [0.2, 0.25) is 0 Å². The van der Waals surface area contributed by atoms with E-state index in [9.17, 15) is 13.2 Å². The number of pyridine rings is 1. The molecule has 1 aromatic heterocycles. The number of aromatic nitrogens is 1. The third-order valence-electron chi connectivity index (χ3n) is 4.73. The molecule has 1 aromatic carbocycles. The lowest BCUT2D eigenvalue weighted by molar-refractivity contribution is -0.132. The van der Waals surface area contributed by atoms with Gasteiger partial charge in [0.1, 0.15) is 16.4 Å². The van der Waals surface area contributed by atoms with Crippen LogP contribution >= 0.6 is 0 Å². The van der Waals surface area contributed by atoms with E-state index >= 15 is 0 Å². The molecule has 1 amide bonds. The van der Waals surface area contributed by atoms with Gasteiger partial charge >= 0.3 is 0 Å². The van der Waals surface area contributed by atoms with Gasteiger partial charge in [-0.15, -0.1) is 0 Å². The fraction of sp³-hybridized carbons (Fsp3) is 0.400. The number of benzene rings is 1. The monoisotopic (exact) mass is 419 g/mol. The number of piperazine rings is 1. The SMILES string of the molecule is COc1ccc(OCCCC(=O)N2CCN(S(=O)(=O)c3cccnc3)CC2)cc1. The molecule has 1 fully saturated rings. The van der Waals surface area contributed by atoms with E-state index in [2.05, 4.69) is 4.98 Å². The van der Waals surface area contributed by atoms with Gasteiger partial charge in [0.05, 0.1) is 13.7 Å². The van der Waals surface area contributed by atoms with Crippen LogP contribution in [0.15, 0.2) is 53.7 Å². The number of sulfonamides is 1. The number of methoxy groups -OCH3 is 1. The molecule has 0 atom stereocenters. The highest BCUT2D eigenvalue weighted by Crippen LogP contribution is 2.18. The van der Waals surface area contributed by atoms with Gasteiger partial charge in [0.2, 0.25) is 15.9 Å². The van der Waals surface area contributed by atoms with Crippen LogP contribution < -0.4 is 9.47 Å². The van der Waals surface area contributed by atoms with Crippen LogP contribution in [0.3, 0.4) is 0 Å². The quantitative estimate of drug-likeness (QED) is 0.606. The summed E-state index contributed by atoms with van der Waals surface area (Å²) in [4.78, 5) is 18.2. The second-order valence-electron chi connectivity index (χ2n) is 6.60. The fourth-order valence-corrected chi connectivity index (χ4v) is 4.46. The maximum atomic E-state index is 12.6. The van der Waals surface area contributed by atoms with E-state index in [1.807, 2.05) is 24.3 Å². The highest BCUT2D eigenvalue weighted by Gasteiger charge is 2.29. The second kappa shape index (κ2) is 9.71. The van der Waals surface area contributed by atoms with E-state index in [1.165, 1.54) is 22.8 Å². The van der Waals surface area contributed by atoms with Crippen molar-refractivity contribution in [2.45, 2.75) is 17.7 Å². The summed E-state index contributed by atoms with van der Waals surface area (Å²) < 4.78 is 37.4. The molecular formula is C20H25N3O5S. The van der Waals surface area contributed by atoms with Crippen molar-refractivity contribution in [3.05, 3.63) is 48.8 Å². The predicted octanol–water partition coefficient (Wildman–Crippen LogP) is 1.78. The number of rotatable bonds is 8. The first-order chi connectivity index (χ1) is 14.0. The number of hydrogen-bond acceptors (Lipinski definition) is 6. The molecule has 0 radical (unpaired) electrons. The Balaban J connectivity index is 1.40. The highest BCUT2D eigenvalue weighted by molar-refractivity contribution is 7.89. The number of carbonyl (C=O) groups excluding carboxylic acids is 1. The zero-order valence-electron chi connectivity index (χ0n) is 16.4. The average molecular weight is 420 g/mol. The van der Waals surface area contributed by atoms with Gasteiger partial charge in [0, 0.05) is 45.0 Å². The van der Waals surface area contributed by atoms with E-state index in [-0.39, 0.29) is 23.9 Å². The maximum absolute atomic E-state index is 12.6. The van der Waals surface area contributed by atoms with E-state index < -0.39 is 10.0 Å². The summed E-state index contributed by atoms with van der Waals surface area (Å²) in [5.74, 6) is 1.51. The molecule has 2 heterocycles. The van der Waals surface area contributed by atoms with Crippen LogP contribution in [0, 0.1) is 0 Å². The Morgan fingerprint density at radius 3 is 2.38 bits per heavy atom. The Hall–Kier alpha value is -2.65. The molecule has 0 spiro atoms. The molecule has 0 bridgehead atoms. The lowest BCUT2D eigenvalue weighted by Crippen LogP contribution is -2.50. The Kier molecular flexibility index (Phi) is 7.05. The van der Waals surface area contributed by atoms with Crippen LogP contribution in [0.4, 0.5) is 0 Å². The third kappa shape index (κ3) is 5.45. The summed E-state index contributed by atoms with van der Waals surface area (Å²) in [6.07, 6.45) is 3.84.